The average Bonchev–Trinajstić information content (AvgIpc) is 3.19. The van der Waals surface area contributed by atoms with E-state index in [-0.39, 0.29) is 11.9 Å². The highest BCUT2D eigenvalue weighted by molar-refractivity contribution is 5.77. The molecule has 5 heteroatoms. The number of carbonyl (C=O) groups is 1. The molecule has 1 aliphatic carbocycles. The molecule has 25 heavy (non-hydrogen) atoms. The molecule has 0 saturated carbocycles. The largest absolute Gasteiger partial charge is 0.378 e. The highest BCUT2D eigenvalue weighted by atomic mass is 16.5. The Bertz CT molecular complexity index is 758. The molecule has 1 aromatic carbocycles. The zero-order valence-corrected chi connectivity index (χ0v) is 14.9. The molecule has 1 aromatic heterocycles. The minimum absolute atomic E-state index is 0.0237. The van der Waals surface area contributed by atoms with Gasteiger partial charge in [0.05, 0.1) is 24.5 Å². The molecule has 0 saturated heterocycles. The lowest BCUT2D eigenvalue weighted by Gasteiger charge is -2.35. The van der Waals surface area contributed by atoms with Crippen LogP contribution in [0.25, 0.3) is 0 Å². The van der Waals surface area contributed by atoms with Gasteiger partial charge in [-0.2, -0.15) is 0 Å². The Labute approximate surface area is 148 Å². The fourth-order valence-electron chi connectivity index (χ4n) is 4.32. The summed E-state index contributed by atoms with van der Waals surface area (Å²) in [5, 5.41) is 0. The SMILES string of the molecule is COCc1cnc2n1CCN(C(=O)CC1Cc3ccccc3C1)C2C. The number of benzene rings is 1. The predicted octanol–water partition coefficient (Wildman–Crippen LogP) is 2.74. The predicted molar refractivity (Wildman–Crippen MR) is 95.0 cm³/mol. The van der Waals surface area contributed by atoms with Gasteiger partial charge in [0, 0.05) is 26.6 Å². The summed E-state index contributed by atoms with van der Waals surface area (Å²) in [6.07, 6.45) is 4.55. The molecule has 1 amide bonds. The Morgan fingerprint density at radius 3 is 2.64 bits per heavy atom. The Morgan fingerprint density at radius 2 is 1.96 bits per heavy atom. The third-order valence-corrected chi connectivity index (χ3v) is 5.59. The van der Waals surface area contributed by atoms with E-state index in [4.69, 9.17) is 4.74 Å². The van der Waals surface area contributed by atoms with Crippen LogP contribution in [0.15, 0.2) is 30.5 Å². The summed E-state index contributed by atoms with van der Waals surface area (Å²) in [6, 6.07) is 8.59. The number of ether oxygens (including phenoxy) is 1. The van der Waals surface area contributed by atoms with Gasteiger partial charge in [0.15, 0.2) is 0 Å². The monoisotopic (exact) mass is 339 g/mol. The van der Waals surface area contributed by atoms with Gasteiger partial charge in [0.25, 0.3) is 0 Å². The summed E-state index contributed by atoms with van der Waals surface area (Å²) < 4.78 is 7.44. The minimum Gasteiger partial charge on any atom is -0.378 e. The standard InChI is InChI=1S/C20H25N3O2/c1-14-20-21-12-18(13-25-2)23(20)8-7-22(14)19(24)11-15-9-16-5-3-4-6-17(16)10-15/h3-6,12,14-15H,7-11,13H2,1-2H3. The number of carbonyl (C=O) groups excluding carboxylic acids is 1. The van der Waals surface area contributed by atoms with Gasteiger partial charge < -0.3 is 14.2 Å². The molecule has 0 bridgehead atoms. The van der Waals surface area contributed by atoms with Crippen molar-refractivity contribution in [3.8, 4) is 0 Å². The molecule has 2 aromatic rings. The average molecular weight is 339 g/mol. The number of aromatic nitrogens is 2. The zero-order valence-electron chi connectivity index (χ0n) is 14.9. The molecule has 0 spiro atoms. The van der Waals surface area contributed by atoms with Gasteiger partial charge in [0.1, 0.15) is 5.82 Å². The third-order valence-electron chi connectivity index (χ3n) is 5.59. The van der Waals surface area contributed by atoms with E-state index in [1.54, 1.807) is 7.11 Å². The fraction of sp³-hybridized carbons (Fsp3) is 0.500. The van der Waals surface area contributed by atoms with Crippen molar-refractivity contribution in [3.05, 3.63) is 53.1 Å². The summed E-state index contributed by atoms with van der Waals surface area (Å²) in [7, 11) is 1.70. The molecule has 2 heterocycles. The van der Waals surface area contributed by atoms with Crippen LogP contribution < -0.4 is 0 Å². The summed E-state index contributed by atoms with van der Waals surface area (Å²) in [5.41, 5.74) is 3.90. The minimum atomic E-state index is 0.0237. The maximum atomic E-state index is 12.9. The summed E-state index contributed by atoms with van der Waals surface area (Å²) in [4.78, 5) is 19.5. The van der Waals surface area contributed by atoms with Crippen LogP contribution in [0.5, 0.6) is 0 Å². The topological polar surface area (TPSA) is 47.4 Å². The van der Waals surface area contributed by atoms with E-state index in [0.29, 0.717) is 18.9 Å². The Morgan fingerprint density at radius 1 is 1.24 bits per heavy atom. The van der Waals surface area contributed by atoms with Crippen molar-refractivity contribution in [2.45, 2.75) is 45.4 Å². The van der Waals surface area contributed by atoms with Crippen LogP contribution >= 0.6 is 0 Å². The number of methoxy groups -OCH3 is 1. The first kappa shape index (κ1) is 16.3. The smallest absolute Gasteiger partial charge is 0.223 e. The lowest BCUT2D eigenvalue weighted by atomic mass is 10.0. The first-order valence-electron chi connectivity index (χ1n) is 9.07. The van der Waals surface area contributed by atoms with E-state index < -0.39 is 0 Å². The van der Waals surface area contributed by atoms with Crippen LogP contribution in [0.3, 0.4) is 0 Å². The molecule has 2 aliphatic rings. The summed E-state index contributed by atoms with van der Waals surface area (Å²) in [6.45, 7) is 4.19. The molecule has 1 aliphatic heterocycles. The first-order valence-corrected chi connectivity index (χ1v) is 9.07. The van der Waals surface area contributed by atoms with E-state index in [2.05, 4.69) is 40.7 Å². The molecule has 4 rings (SSSR count). The molecule has 0 fully saturated rings. The summed E-state index contributed by atoms with van der Waals surface area (Å²) in [5.74, 6) is 1.66. The van der Waals surface area contributed by atoms with Gasteiger partial charge in [-0.05, 0) is 36.8 Å². The van der Waals surface area contributed by atoms with Gasteiger partial charge in [-0.25, -0.2) is 4.98 Å². The number of fused-ring (bicyclic) bond motifs is 2. The lowest BCUT2D eigenvalue weighted by Crippen LogP contribution is -2.42. The quantitative estimate of drug-likeness (QED) is 0.860. The van der Waals surface area contributed by atoms with Crippen molar-refractivity contribution in [2.75, 3.05) is 13.7 Å². The molecule has 0 N–H and O–H groups in total. The van der Waals surface area contributed by atoms with E-state index in [1.807, 2.05) is 11.1 Å². The van der Waals surface area contributed by atoms with E-state index in [1.165, 1.54) is 11.1 Å². The van der Waals surface area contributed by atoms with E-state index >= 15 is 0 Å². The number of imidazole rings is 1. The third kappa shape index (κ3) is 2.97. The van der Waals surface area contributed by atoms with E-state index in [9.17, 15) is 4.79 Å². The maximum Gasteiger partial charge on any atom is 0.223 e. The number of amides is 1. The maximum absolute atomic E-state index is 12.9. The number of hydrogen-bond donors (Lipinski definition) is 0. The van der Waals surface area contributed by atoms with Crippen molar-refractivity contribution < 1.29 is 9.53 Å². The Balaban J connectivity index is 1.43. The van der Waals surface area contributed by atoms with Crippen LogP contribution in [0.1, 0.15) is 42.0 Å². The van der Waals surface area contributed by atoms with E-state index in [0.717, 1.165) is 37.4 Å². The van der Waals surface area contributed by atoms with Crippen LogP contribution in [0.4, 0.5) is 0 Å². The van der Waals surface area contributed by atoms with Crippen molar-refractivity contribution in [1.82, 2.24) is 14.5 Å². The van der Waals surface area contributed by atoms with Gasteiger partial charge >= 0.3 is 0 Å². The van der Waals surface area contributed by atoms with Crippen molar-refractivity contribution in [3.63, 3.8) is 0 Å². The van der Waals surface area contributed by atoms with Crippen molar-refractivity contribution in [2.24, 2.45) is 5.92 Å². The molecule has 1 unspecified atom stereocenters. The Kier molecular flexibility index (Phi) is 4.34. The molecule has 132 valence electrons. The van der Waals surface area contributed by atoms with Crippen LogP contribution in [0.2, 0.25) is 0 Å². The number of rotatable bonds is 4. The second-order valence-electron chi connectivity index (χ2n) is 7.20. The van der Waals surface area contributed by atoms with Crippen molar-refractivity contribution >= 4 is 5.91 Å². The summed E-state index contributed by atoms with van der Waals surface area (Å²) >= 11 is 0. The van der Waals surface area contributed by atoms with Gasteiger partial charge in [0.2, 0.25) is 5.91 Å². The zero-order chi connectivity index (χ0) is 17.4. The molecular formula is C20H25N3O2. The number of hydrogen-bond acceptors (Lipinski definition) is 3. The molecule has 1 atom stereocenters. The van der Waals surface area contributed by atoms with Crippen molar-refractivity contribution in [1.29, 1.82) is 0 Å². The van der Waals surface area contributed by atoms with Gasteiger partial charge in [-0.3, -0.25) is 4.79 Å². The molecule has 0 radical (unpaired) electrons. The normalized spacial score (nSPS) is 19.8. The highest BCUT2D eigenvalue weighted by Crippen LogP contribution is 2.31. The van der Waals surface area contributed by atoms with Crippen LogP contribution in [-0.2, 0) is 35.5 Å². The Hall–Kier alpha value is -2.14. The number of nitrogens with zero attached hydrogens (tertiary/aromatic N) is 3. The fourth-order valence-corrected chi connectivity index (χ4v) is 4.32. The lowest BCUT2D eigenvalue weighted by molar-refractivity contribution is -0.135. The van der Waals surface area contributed by atoms with Gasteiger partial charge in [-0.1, -0.05) is 24.3 Å². The second-order valence-corrected chi connectivity index (χ2v) is 7.20. The molecule has 5 nitrogen and oxygen atoms in total. The molecular weight excluding hydrogens is 314 g/mol. The van der Waals surface area contributed by atoms with Crippen LogP contribution in [0, 0.1) is 5.92 Å². The highest BCUT2D eigenvalue weighted by Gasteiger charge is 2.32. The van der Waals surface area contributed by atoms with Crippen LogP contribution in [-0.4, -0.2) is 34.0 Å². The first-order chi connectivity index (χ1) is 12.2. The second kappa shape index (κ2) is 6.64. The van der Waals surface area contributed by atoms with Gasteiger partial charge in [-0.15, -0.1) is 0 Å².